The maximum absolute atomic E-state index is 11.6. The average Bonchev–Trinajstić information content (AvgIpc) is 2.77. The Labute approximate surface area is 120 Å². The van der Waals surface area contributed by atoms with Crippen LogP contribution in [0.3, 0.4) is 0 Å². The van der Waals surface area contributed by atoms with Gasteiger partial charge in [0.25, 0.3) is 0 Å². The molecule has 0 saturated carbocycles. The fraction of sp³-hybridized carbons (Fsp3) is 0.0667. The summed E-state index contributed by atoms with van der Waals surface area (Å²) in [5.41, 5.74) is 2.67. The van der Waals surface area contributed by atoms with Crippen LogP contribution in [0.2, 0.25) is 5.02 Å². The third-order valence-electron chi connectivity index (χ3n) is 3.10. The lowest BCUT2D eigenvalue weighted by Gasteiger charge is -2.02. The fourth-order valence-electron chi connectivity index (χ4n) is 2.20. The van der Waals surface area contributed by atoms with Crippen LogP contribution in [0.1, 0.15) is 16.1 Å². The highest BCUT2D eigenvalue weighted by Crippen LogP contribution is 2.30. The molecule has 5 heteroatoms. The molecule has 0 spiro atoms. The summed E-state index contributed by atoms with van der Waals surface area (Å²) in [4.78, 5) is 16.0. The summed E-state index contributed by atoms with van der Waals surface area (Å²) in [6.45, 7) is 1.90. The average molecular weight is 287 g/mol. The SMILES string of the molecule is Cc1ccc2nc(-c3ccccc3Cl)c(C(=O)O)n2c1. The number of hydrogen-bond acceptors (Lipinski definition) is 2. The van der Waals surface area contributed by atoms with Crippen molar-refractivity contribution in [1.82, 2.24) is 9.38 Å². The van der Waals surface area contributed by atoms with Crippen LogP contribution in [0.5, 0.6) is 0 Å². The molecule has 0 unspecified atom stereocenters. The van der Waals surface area contributed by atoms with Crippen LogP contribution in [0.25, 0.3) is 16.9 Å². The Morgan fingerprint density at radius 1 is 1.25 bits per heavy atom. The first-order chi connectivity index (χ1) is 9.58. The van der Waals surface area contributed by atoms with Crippen LogP contribution >= 0.6 is 11.6 Å². The molecule has 0 aliphatic carbocycles. The normalized spacial score (nSPS) is 10.9. The van der Waals surface area contributed by atoms with Crippen molar-refractivity contribution >= 4 is 23.2 Å². The van der Waals surface area contributed by atoms with Gasteiger partial charge in [-0.1, -0.05) is 35.9 Å². The molecule has 4 nitrogen and oxygen atoms in total. The van der Waals surface area contributed by atoms with Crippen LogP contribution in [-0.2, 0) is 0 Å². The number of aromatic nitrogens is 2. The van der Waals surface area contributed by atoms with Gasteiger partial charge in [0.1, 0.15) is 11.3 Å². The highest BCUT2D eigenvalue weighted by atomic mass is 35.5. The van der Waals surface area contributed by atoms with Crippen LogP contribution in [0.15, 0.2) is 42.6 Å². The third kappa shape index (κ3) is 1.94. The summed E-state index contributed by atoms with van der Waals surface area (Å²) in [6.07, 6.45) is 1.76. The molecule has 0 saturated heterocycles. The Kier molecular flexibility index (Phi) is 2.95. The molecule has 100 valence electrons. The number of carboxylic acid groups (broad SMARTS) is 1. The zero-order valence-electron chi connectivity index (χ0n) is 10.7. The van der Waals surface area contributed by atoms with E-state index < -0.39 is 5.97 Å². The lowest BCUT2D eigenvalue weighted by atomic mass is 10.1. The molecule has 3 aromatic rings. The second-order valence-electron chi connectivity index (χ2n) is 4.53. The summed E-state index contributed by atoms with van der Waals surface area (Å²) in [5, 5.41) is 9.97. The number of carboxylic acids is 1. The number of pyridine rings is 1. The minimum Gasteiger partial charge on any atom is -0.476 e. The Morgan fingerprint density at radius 3 is 2.70 bits per heavy atom. The van der Waals surface area contributed by atoms with Crippen LogP contribution in [-0.4, -0.2) is 20.5 Å². The molecule has 0 bridgehead atoms. The lowest BCUT2D eigenvalue weighted by Crippen LogP contribution is -2.04. The Hall–Kier alpha value is -2.33. The van der Waals surface area contributed by atoms with E-state index in [1.54, 1.807) is 34.9 Å². The molecule has 1 aromatic carbocycles. The van der Waals surface area contributed by atoms with Crippen LogP contribution in [0.4, 0.5) is 0 Å². The van der Waals surface area contributed by atoms with Gasteiger partial charge in [-0.25, -0.2) is 9.78 Å². The van der Waals surface area contributed by atoms with E-state index in [-0.39, 0.29) is 5.69 Å². The maximum atomic E-state index is 11.6. The van der Waals surface area contributed by atoms with E-state index in [0.29, 0.717) is 21.9 Å². The van der Waals surface area contributed by atoms with Crippen molar-refractivity contribution in [3.63, 3.8) is 0 Å². The Balaban J connectivity index is 2.39. The van der Waals surface area contributed by atoms with E-state index in [2.05, 4.69) is 4.98 Å². The third-order valence-corrected chi connectivity index (χ3v) is 3.43. The molecule has 20 heavy (non-hydrogen) atoms. The number of aryl methyl sites for hydroxylation is 1. The number of fused-ring (bicyclic) bond motifs is 1. The van der Waals surface area contributed by atoms with Gasteiger partial charge in [0.2, 0.25) is 0 Å². The van der Waals surface area contributed by atoms with Gasteiger partial charge in [-0.05, 0) is 24.6 Å². The number of rotatable bonds is 2. The minimum atomic E-state index is -1.03. The second-order valence-corrected chi connectivity index (χ2v) is 4.94. The number of aromatic carboxylic acids is 1. The number of halogens is 1. The second kappa shape index (κ2) is 4.65. The van der Waals surface area contributed by atoms with Gasteiger partial charge in [-0.2, -0.15) is 0 Å². The maximum Gasteiger partial charge on any atom is 0.355 e. The zero-order valence-corrected chi connectivity index (χ0v) is 11.4. The van der Waals surface area contributed by atoms with Crippen molar-refractivity contribution in [1.29, 1.82) is 0 Å². The van der Waals surface area contributed by atoms with Gasteiger partial charge in [0.15, 0.2) is 5.69 Å². The summed E-state index contributed by atoms with van der Waals surface area (Å²) in [7, 11) is 0. The summed E-state index contributed by atoms with van der Waals surface area (Å²) in [6, 6.07) is 10.8. The van der Waals surface area contributed by atoms with E-state index in [1.165, 1.54) is 0 Å². The highest BCUT2D eigenvalue weighted by molar-refractivity contribution is 6.33. The summed E-state index contributed by atoms with van der Waals surface area (Å²) in [5.74, 6) is -1.03. The van der Waals surface area contributed by atoms with Gasteiger partial charge in [0, 0.05) is 11.8 Å². The van der Waals surface area contributed by atoms with Gasteiger partial charge in [-0.3, -0.25) is 4.40 Å². The number of hydrogen-bond donors (Lipinski definition) is 1. The predicted octanol–water partition coefficient (Wildman–Crippen LogP) is 3.66. The quantitative estimate of drug-likeness (QED) is 0.782. The number of nitrogens with zero attached hydrogens (tertiary/aromatic N) is 2. The lowest BCUT2D eigenvalue weighted by molar-refractivity contribution is 0.0690. The van der Waals surface area contributed by atoms with Crippen molar-refractivity contribution in [2.24, 2.45) is 0 Å². The van der Waals surface area contributed by atoms with Crippen molar-refractivity contribution in [3.05, 3.63) is 58.9 Å². The molecule has 0 fully saturated rings. The summed E-state index contributed by atoms with van der Waals surface area (Å²) < 4.78 is 1.58. The molecule has 0 radical (unpaired) electrons. The first kappa shape index (κ1) is 12.7. The molecule has 1 N–H and O–H groups in total. The molecule has 0 amide bonds. The number of carbonyl (C=O) groups is 1. The molecule has 0 atom stereocenters. The van der Waals surface area contributed by atoms with Crippen molar-refractivity contribution in [2.45, 2.75) is 6.92 Å². The van der Waals surface area contributed by atoms with Crippen LogP contribution < -0.4 is 0 Å². The Bertz CT molecular complexity index is 824. The van der Waals surface area contributed by atoms with E-state index >= 15 is 0 Å². The standard InChI is InChI=1S/C15H11ClN2O2/c1-9-6-7-12-17-13(10-4-2-3-5-11(10)16)14(15(19)20)18(12)8-9/h2-8H,1H3,(H,19,20). The van der Waals surface area contributed by atoms with Crippen LogP contribution in [0, 0.1) is 6.92 Å². The van der Waals surface area contributed by atoms with Gasteiger partial charge in [-0.15, -0.1) is 0 Å². The van der Waals surface area contributed by atoms with Gasteiger partial charge in [0.05, 0.1) is 5.02 Å². The molecule has 2 heterocycles. The van der Waals surface area contributed by atoms with E-state index in [1.807, 2.05) is 19.1 Å². The molecule has 0 aliphatic rings. The van der Waals surface area contributed by atoms with Crippen molar-refractivity contribution in [3.8, 4) is 11.3 Å². The molecular weight excluding hydrogens is 276 g/mol. The molecular formula is C15H11ClN2O2. The van der Waals surface area contributed by atoms with Gasteiger partial charge >= 0.3 is 5.97 Å². The molecule has 2 aromatic heterocycles. The largest absolute Gasteiger partial charge is 0.476 e. The van der Waals surface area contributed by atoms with Gasteiger partial charge < -0.3 is 5.11 Å². The van der Waals surface area contributed by atoms with E-state index in [9.17, 15) is 9.90 Å². The monoisotopic (exact) mass is 286 g/mol. The van der Waals surface area contributed by atoms with E-state index in [4.69, 9.17) is 11.6 Å². The fourth-order valence-corrected chi connectivity index (χ4v) is 2.42. The molecule has 3 rings (SSSR count). The first-order valence-electron chi connectivity index (χ1n) is 6.05. The number of benzene rings is 1. The first-order valence-corrected chi connectivity index (χ1v) is 6.42. The van der Waals surface area contributed by atoms with Crippen molar-refractivity contribution < 1.29 is 9.90 Å². The minimum absolute atomic E-state index is 0.122. The topological polar surface area (TPSA) is 54.6 Å². The predicted molar refractivity (Wildman–Crippen MR) is 77.3 cm³/mol. The highest BCUT2D eigenvalue weighted by Gasteiger charge is 2.21. The Morgan fingerprint density at radius 2 is 2.00 bits per heavy atom. The van der Waals surface area contributed by atoms with Crippen molar-refractivity contribution in [2.75, 3.05) is 0 Å². The zero-order chi connectivity index (χ0) is 14.3. The summed E-state index contributed by atoms with van der Waals surface area (Å²) >= 11 is 6.15. The smallest absolute Gasteiger partial charge is 0.355 e. The van der Waals surface area contributed by atoms with E-state index in [0.717, 1.165) is 5.56 Å². The number of imidazole rings is 1. The molecule has 0 aliphatic heterocycles.